The maximum absolute atomic E-state index is 11.9. The Morgan fingerprint density at radius 2 is 2.16 bits per heavy atom. The Labute approximate surface area is 113 Å². The van der Waals surface area contributed by atoms with Crippen molar-refractivity contribution in [1.82, 2.24) is 10.3 Å². The van der Waals surface area contributed by atoms with Gasteiger partial charge in [-0.25, -0.2) is 0 Å². The van der Waals surface area contributed by atoms with Crippen LogP contribution in [0.4, 0.5) is 0 Å². The molecule has 2 N–H and O–H groups in total. The summed E-state index contributed by atoms with van der Waals surface area (Å²) in [7, 11) is 0. The molecule has 0 saturated carbocycles. The molecule has 0 saturated heterocycles. The van der Waals surface area contributed by atoms with Crippen molar-refractivity contribution in [3.63, 3.8) is 0 Å². The van der Waals surface area contributed by atoms with Crippen molar-refractivity contribution in [2.45, 2.75) is 39.2 Å². The minimum absolute atomic E-state index is 0.0368. The molecule has 0 spiro atoms. The summed E-state index contributed by atoms with van der Waals surface area (Å²) in [5, 5.41) is 4.47. The summed E-state index contributed by atoms with van der Waals surface area (Å²) in [6.07, 6.45) is 3.27. The number of carbonyl (C=O) groups excluding carboxylic acids is 1. The third kappa shape index (κ3) is 2.14. The zero-order valence-electron chi connectivity index (χ0n) is 11.5. The molecule has 1 heterocycles. The zero-order chi connectivity index (χ0) is 13.4. The van der Waals surface area contributed by atoms with Crippen LogP contribution >= 0.6 is 0 Å². The molecule has 1 aromatic heterocycles. The number of nitrogens with one attached hydrogen (secondary N) is 2. The number of aromatic nitrogens is 1. The van der Waals surface area contributed by atoms with Gasteiger partial charge in [-0.15, -0.1) is 0 Å². The second-order valence-electron chi connectivity index (χ2n) is 5.67. The summed E-state index contributed by atoms with van der Waals surface area (Å²) in [4.78, 5) is 15.4. The number of aromatic amines is 1. The zero-order valence-corrected chi connectivity index (χ0v) is 11.5. The van der Waals surface area contributed by atoms with E-state index in [-0.39, 0.29) is 17.9 Å². The fourth-order valence-electron chi connectivity index (χ4n) is 2.90. The topological polar surface area (TPSA) is 44.9 Å². The van der Waals surface area contributed by atoms with Gasteiger partial charge >= 0.3 is 0 Å². The van der Waals surface area contributed by atoms with Gasteiger partial charge in [-0.1, -0.05) is 32.0 Å². The van der Waals surface area contributed by atoms with E-state index < -0.39 is 0 Å². The SMILES string of the molecule is CC(C)C(=O)N[C@H]1CCCc2c1[nH]c1ccccc21. The predicted molar refractivity (Wildman–Crippen MR) is 77.0 cm³/mol. The Morgan fingerprint density at radius 3 is 2.95 bits per heavy atom. The lowest BCUT2D eigenvalue weighted by Crippen LogP contribution is -2.33. The maximum Gasteiger partial charge on any atom is 0.223 e. The molecular formula is C16H20N2O. The Hall–Kier alpha value is -1.77. The van der Waals surface area contributed by atoms with Crippen molar-refractivity contribution in [2.75, 3.05) is 0 Å². The van der Waals surface area contributed by atoms with Gasteiger partial charge in [-0.2, -0.15) is 0 Å². The molecule has 1 aromatic carbocycles. The Balaban J connectivity index is 1.98. The van der Waals surface area contributed by atoms with Crippen molar-refractivity contribution in [3.8, 4) is 0 Å². The lowest BCUT2D eigenvalue weighted by molar-refractivity contribution is -0.124. The average molecular weight is 256 g/mol. The van der Waals surface area contributed by atoms with Crippen molar-refractivity contribution in [2.24, 2.45) is 5.92 Å². The molecular weight excluding hydrogens is 236 g/mol. The summed E-state index contributed by atoms with van der Waals surface area (Å²) in [6.45, 7) is 3.87. The lowest BCUT2D eigenvalue weighted by atomic mass is 9.91. The number of hydrogen-bond acceptors (Lipinski definition) is 1. The van der Waals surface area contributed by atoms with Crippen LogP contribution in [0.25, 0.3) is 10.9 Å². The first-order valence-electron chi connectivity index (χ1n) is 7.06. The number of hydrogen-bond donors (Lipinski definition) is 2. The van der Waals surface area contributed by atoms with E-state index in [4.69, 9.17) is 0 Å². The van der Waals surface area contributed by atoms with Crippen LogP contribution < -0.4 is 5.32 Å². The van der Waals surface area contributed by atoms with E-state index in [0.29, 0.717) is 0 Å². The largest absolute Gasteiger partial charge is 0.356 e. The van der Waals surface area contributed by atoms with Crippen LogP contribution in [-0.4, -0.2) is 10.9 Å². The van der Waals surface area contributed by atoms with Crippen LogP contribution in [0.1, 0.15) is 44.0 Å². The maximum atomic E-state index is 11.9. The van der Waals surface area contributed by atoms with Crippen LogP contribution in [-0.2, 0) is 11.2 Å². The highest BCUT2D eigenvalue weighted by molar-refractivity contribution is 5.85. The molecule has 0 bridgehead atoms. The minimum atomic E-state index is 0.0368. The molecule has 3 heteroatoms. The van der Waals surface area contributed by atoms with E-state index in [1.165, 1.54) is 22.2 Å². The van der Waals surface area contributed by atoms with Crippen molar-refractivity contribution < 1.29 is 4.79 Å². The van der Waals surface area contributed by atoms with Crippen molar-refractivity contribution >= 4 is 16.8 Å². The minimum Gasteiger partial charge on any atom is -0.356 e. The lowest BCUT2D eigenvalue weighted by Gasteiger charge is -2.24. The molecule has 1 atom stereocenters. The first-order chi connectivity index (χ1) is 9.16. The van der Waals surface area contributed by atoms with Crippen LogP contribution in [0.15, 0.2) is 24.3 Å². The molecule has 0 aliphatic heterocycles. The van der Waals surface area contributed by atoms with Gasteiger partial charge in [0.2, 0.25) is 5.91 Å². The fraction of sp³-hybridized carbons (Fsp3) is 0.438. The van der Waals surface area contributed by atoms with Crippen LogP contribution in [0.2, 0.25) is 0 Å². The monoisotopic (exact) mass is 256 g/mol. The summed E-state index contributed by atoms with van der Waals surface area (Å²) in [6, 6.07) is 8.54. The second-order valence-corrected chi connectivity index (χ2v) is 5.67. The van der Waals surface area contributed by atoms with Crippen LogP contribution in [0.5, 0.6) is 0 Å². The van der Waals surface area contributed by atoms with Crippen LogP contribution in [0.3, 0.4) is 0 Å². The number of amides is 1. The quantitative estimate of drug-likeness (QED) is 0.850. The summed E-state index contributed by atoms with van der Waals surface area (Å²) in [5.74, 6) is 0.172. The molecule has 3 rings (SSSR count). The number of benzene rings is 1. The molecule has 3 nitrogen and oxygen atoms in total. The van der Waals surface area contributed by atoms with Gasteiger partial charge < -0.3 is 10.3 Å². The van der Waals surface area contributed by atoms with E-state index >= 15 is 0 Å². The van der Waals surface area contributed by atoms with Gasteiger partial charge in [-0.05, 0) is 30.9 Å². The number of aryl methyl sites for hydroxylation is 1. The molecule has 19 heavy (non-hydrogen) atoms. The first kappa shape index (κ1) is 12.3. The predicted octanol–water partition coefficient (Wildman–Crippen LogP) is 3.32. The molecule has 0 unspecified atom stereocenters. The number of rotatable bonds is 2. The number of carbonyl (C=O) groups is 1. The Kier molecular flexibility index (Phi) is 3.05. The molecule has 1 aliphatic rings. The molecule has 1 aliphatic carbocycles. The van der Waals surface area contributed by atoms with Gasteiger partial charge in [-0.3, -0.25) is 4.79 Å². The van der Waals surface area contributed by atoms with E-state index in [9.17, 15) is 4.79 Å². The van der Waals surface area contributed by atoms with Crippen molar-refractivity contribution in [3.05, 3.63) is 35.5 Å². The summed E-state index contributed by atoms with van der Waals surface area (Å²) >= 11 is 0. The van der Waals surface area contributed by atoms with Crippen molar-refractivity contribution in [1.29, 1.82) is 0 Å². The Bertz CT molecular complexity index is 612. The van der Waals surface area contributed by atoms with Gasteiger partial charge in [0.1, 0.15) is 0 Å². The third-order valence-electron chi connectivity index (χ3n) is 3.96. The smallest absolute Gasteiger partial charge is 0.223 e. The van der Waals surface area contributed by atoms with E-state index in [2.05, 4.69) is 28.5 Å². The molecule has 2 aromatic rings. The third-order valence-corrected chi connectivity index (χ3v) is 3.96. The Morgan fingerprint density at radius 1 is 1.37 bits per heavy atom. The van der Waals surface area contributed by atoms with E-state index in [1.807, 2.05) is 19.9 Å². The highest BCUT2D eigenvalue weighted by Gasteiger charge is 2.25. The van der Waals surface area contributed by atoms with Gasteiger partial charge in [0.05, 0.1) is 6.04 Å². The van der Waals surface area contributed by atoms with Gasteiger partial charge in [0.15, 0.2) is 0 Å². The second kappa shape index (κ2) is 4.72. The summed E-state index contributed by atoms with van der Waals surface area (Å²) < 4.78 is 0. The molecule has 100 valence electrons. The highest BCUT2D eigenvalue weighted by atomic mass is 16.1. The number of H-pyrrole nitrogens is 1. The van der Waals surface area contributed by atoms with Gasteiger partial charge in [0.25, 0.3) is 0 Å². The molecule has 0 radical (unpaired) electrons. The first-order valence-corrected chi connectivity index (χ1v) is 7.06. The molecule has 0 fully saturated rings. The standard InChI is InChI=1S/C16H20N2O/c1-10(2)16(19)18-14-9-5-7-12-11-6-3-4-8-13(11)17-15(12)14/h3-4,6,8,10,14,17H,5,7,9H2,1-2H3,(H,18,19)/t14-/m0/s1. The number of para-hydroxylation sites is 1. The van der Waals surface area contributed by atoms with E-state index in [0.717, 1.165) is 19.3 Å². The average Bonchev–Trinajstić information content (AvgIpc) is 2.78. The number of fused-ring (bicyclic) bond motifs is 3. The fourth-order valence-corrected chi connectivity index (χ4v) is 2.90. The van der Waals surface area contributed by atoms with Gasteiger partial charge in [0, 0.05) is 22.5 Å². The normalized spacial score (nSPS) is 18.6. The highest BCUT2D eigenvalue weighted by Crippen LogP contribution is 2.34. The molecule has 1 amide bonds. The summed E-state index contributed by atoms with van der Waals surface area (Å²) in [5.41, 5.74) is 3.77. The van der Waals surface area contributed by atoms with Crippen LogP contribution in [0, 0.1) is 5.92 Å². The van der Waals surface area contributed by atoms with E-state index in [1.54, 1.807) is 0 Å².